The van der Waals surface area contributed by atoms with Crippen molar-refractivity contribution in [1.82, 2.24) is 9.97 Å². The van der Waals surface area contributed by atoms with E-state index in [0.29, 0.717) is 5.75 Å². The smallest absolute Gasteiger partial charge is 0.417 e. The Morgan fingerprint density at radius 2 is 1.79 bits per heavy atom. The van der Waals surface area contributed by atoms with Gasteiger partial charge in [0, 0.05) is 0 Å². The summed E-state index contributed by atoms with van der Waals surface area (Å²) in [5, 5.41) is 0. The van der Waals surface area contributed by atoms with E-state index in [4.69, 9.17) is 4.74 Å². The van der Waals surface area contributed by atoms with Crippen molar-refractivity contribution in [2.75, 3.05) is 7.11 Å². The molecule has 24 heavy (non-hydrogen) atoms. The number of rotatable bonds is 3. The summed E-state index contributed by atoms with van der Waals surface area (Å²) < 4.78 is 70.3. The van der Waals surface area contributed by atoms with E-state index in [1.54, 1.807) is 0 Å². The van der Waals surface area contributed by atoms with Gasteiger partial charge < -0.3 is 9.72 Å². The lowest BCUT2D eigenvalue weighted by atomic mass is 10.2. The van der Waals surface area contributed by atoms with Crippen LogP contribution in [0.4, 0.5) is 13.2 Å². The minimum Gasteiger partial charge on any atom is -0.497 e. The molecule has 126 valence electrons. The van der Waals surface area contributed by atoms with E-state index in [-0.39, 0.29) is 15.9 Å². The summed E-state index contributed by atoms with van der Waals surface area (Å²) in [6.07, 6.45) is -3.62. The van der Waals surface area contributed by atoms with Crippen molar-refractivity contribution < 1.29 is 26.3 Å². The molecule has 1 aromatic heterocycles. The van der Waals surface area contributed by atoms with E-state index in [9.17, 15) is 21.6 Å². The molecule has 1 N–H and O–H groups in total. The summed E-state index contributed by atoms with van der Waals surface area (Å²) in [5.74, 6) is 0.396. The molecule has 0 bridgehead atoms. The quantitative estimate of drug-likeness (QED) is 0.780. The molecule has 3 aromatic rings. The Bertz CT molecular complexity index is 993. The number of hydrogen-bond donors (Lipinski definition) is 1. The van der Waals surface area contributed by atoms with Crippen LogP contribution in [0.2, 0.25) is 0 Å². The largest absolute Gasteiger partial charge is 0.497 e. The standard InChI is InChI=1S/C15H11F3N2O3S/c1-23-9-2-4-10(5-3-9)24(21,22)14-7-13-12(19-8-20-13)6-11(14)15(16,17)18/h2-8H,1H3,(H,19,20). The summed E-state index contributed by atoms with van der Waals surface area (Å²) >= 11 is 0. The van der Waals surface area contributed by atoms with Gasteiger partial charge in [0.2, 0.25) is 9.84 Å². The predicted molar refractivity (Wildman–Crippen MR) is 79.5 cm³/mol. The van der Waals surface area contributed by atoms with Crippen LogP contribution in [0.3, 0.4) is 0 Å². The van der Waals surface area contributed by atoms with Gasteiger partial charge in [0.15, 0.2) is 0 Å². The fraction of sp³-hybridized carbons (Fsp3) is 0.133. The number of aromatic nitrogens is 2. The van der Waals surface area contributed by atoms with Gasteiger partial charge in [0.25, 0.3) is 0 Å². The Morgan fingerprint density at radius 1 is 1.12 bits per heavy atom. The van der Waals surface area contributed by atoms with Crippen molar-refractivity contribution >= 4 is 20.9 Å². The summed E-state index contributed by atoms with van der Waals surface area (Å²) in [4.78, 5) is 5.28. The molecule has 1 heterocycles. The average molecular weight is 356 g/mol. The summed E-state index contributed by atoms with van der Waals surface area (Å²) in [7, 11) is -2.98. The van der Waals surface area contributed by atoms with E-state index >= 15 is 0 Å². The number of benzene rings is 2. The number of nitrogens with one attached hydrogen (secondary N) is 1. The van der Waals surface area contributed by atoms with E-state index in [1.807, 2.05) is 0 Å². The van der Waals surface area contributed by atoms with Gasteiger partial charge >= 0.3 is 6.18 Å². The maximum atomic E-state index is 13.3. The van der Waals surface area contributed by atoms with Crippen molar-refractivity contribution in [2.45, 2.75) is 16.0 Å². The van der Waals surface area contributed by atoms with Crippen LogP contribution in [-0.2, 0) is 16.0 Å². The van der Waals surface area contributed by atoms with Crippen LogP contribution >= 0.6 is 0 Å². The molecule has 0 saturated heterocycles. The zero-order valence-electron chi connectivity index (χ0n) is 12.3. The number of halogens is 3. The first kappa shape index (κ1) is 16.3. The van der Waals surface area contributed by atoms with Crippen LogP contribution < -0.4 is 4.74 Å². The number of fused-ring (bicyclic) bond motifs is 1. The molecular formula is C15H11F3N2O3S. The van der Waals surface area contributed by atoms with Gasteiger partial charge in [0.1, 0.15) is 5.75 Å². The average Bonchev–Trinajstić information content (AvgIpc) is 3.00. The number of sulfone groups is 1. The molecule has 0 atom stereocenters. The number of H-pyrrole nitrogens is 1. The number of ether oxygens (including phenoxy) is 1. The monoisotopic (exact) mass is 356 g/mol. The first-order chi connectivity index (χ1) is 11.2. The van der Waals surface area contributed by atoms with Crippen molar-refractivity contribution in [1.29, 1.82) is 0 Å². The van der Waals surface area contributed by atoms with Crippen molar-refractivity contribution in [2.24, 2.45) is 0 Å². The Balaban J connectivity index is 2.25. The molecule has 0 aliphatic heterocycles. The number of nitrogens with zero attached hydrogens (tertiary/aromatic N) is 1. The van der Waals surface area contributed by atoms with Crippen LogP contribution in [0, 0.1) is 0 Å². The molecule has 5 nitrogen and oxygen atoms in total. The first-order valence-electron chi connectivity index (χ1n) is 6.67. The van der Waals surface area contributed by atoms with E-state index < -0.39 is 26.5 Å². The molecular weight excluding hydrogens is 345 g/mol. The normalized spacial score (nSPS) is 12.5. The zero-order chi connectivity index (χ0) is 17.5. The van der Waals surface area contributed by atoms with Gasteiger partial charge in [-0.3, -0.25) is 0 Å². The van der Waals surface area contributed by atoms with Gasteiger partial charge in [-0.2, -0.15) is 13.2 Å². The highest BCUT2D eigenvalue weighted by Gasteiger charge is 2.38. The molecule has 0 aliphatic rings. The van der Waals surface area contributed by atoms with Crippen molar-refractivity contribution in [3.8, 4) is 5.75 Å². The van der Waals surface area contributed by atoms with Crippen LogP contribution in [0.25, 0.3) is 11.0 Å². The Morgan fingerprint density at radius 3 is 2.38 bits per heavy atom. The molecule has 3 rings (SSSR count). The van der Waals surface area contributed by atoms with Crippen LogP contribution in [0.5, 0.6) is 5.75 Å². The topological polar surface area (TPSA) is 72.1 Å². The third-order valence-electron chi connectivity index (χ3n) is 3.49. The predicted octanol–water partition coefficient (Wildman–Crippen LogP) is 3.42. The Hall–Kier alpha value is -2.55. The minimum atomic E-state index is -4.83. The van der Waals surface area contributed by atoms with E-state index in [2.05, 4.69) is 9.97 Å². The van der Waals surface area contributed by atoms with Gasteiger partial charge in [0.05, 0.1) is 39.8 Å². The molecule has 9 heteroatoms. The molecule has 0 spiro atoms. The third kappa shape index (κ3) is 2.71. The second kappa shape index (κ2) is 5.52. The highest BCUT2D eigenvalue weighted by Crippen LogP contribution is 2.38. The second-order valence-corrected chi connectivity index (χ2v) is 6.86. The van der Waals surface area contributed by atoms with Gasteiger partial charge in [-0.15, -0.1) is 0 Å². The fourth-order valence-corrected chi connectivity index (χ4v) is 3.77. The number of imidazole rings is 1. The number of hydrogen-bond acceptors (Lipinski definition) is 4. The number of aromatic amines is 1. The van der Waals surface area contributed by atoms with Crippen molar-refractivity contribution in [3.05, 3.63) is 48.3 Å². The first-order valence-corrected chi connectivity index (χ1v) is 8.15. The molecule has 0 unspecified atom stereocenters. The SMILES string of the molecule is COc1ccc(S(=O)(=O)c2cc3nc[nH]c3cc2C(F)(F)F)cc1. The Labute approximate surface area is 135 Å². The summed E-state index contributed by atoms with van der Waals surface area (Å²) in [6, 6.07) is 6.81. The highest BCUT2D eigenvalue weighted by molar-refractivity contribution is 7.91. The summed E-state index contributed by atoms with van der Waals surface area (Å²) in [5.41, 5.74) is -0.999. The maximum absolute atomic E-state index is 13.3. The Kier molecular flexibility index (Phi) is 3.75. The van der Waals surface area contributed by atoms with Gasteiger partial charge in [-0.25, -0.2) is 13.4 Å². The highest BCUT2D eigenvalue weighted by atomic mass is 32.2. The number of methoxy groups -OCH3 is 1. The van der Waals surface area contributed by atoms with Gasteiger partial charge in [-0.05, 0) is 36.4 Å². The maximum Gasteiger partial charge on any atom is 0.417 e. The van der Waals surface area contributed by atoms with Gasteiger partial charge in [-0.1, -0.05) is 0 Å². The second-order valence-electron chi connectivity index (χ2n) is 4.94. The molecule has 0 saturated carbocycles. The fourth-order valence-electron chi connectivity index (χ4n) is 2.29. The zero-order valence-corrected chi connectivity index (χ0v) is 13.1. The lowest BCUT2D eigenvalue weighted by Crippen LogP contribution is -2.13. The molecule has 2 aromatic carbocycles. The number of alkyl halides is 3. The molecule has 0 fully saturated rings. The third-order valence-corrected chi connectivity index (χ3v) is 5.30. The van der Waals surface area contributed by atoms with Crippen molar-refractivity contribution in [3.63, 3.8) is 0 Å². The van der Waals surface area contributed by atoms with E-state index in [1.165, 1.54) is 37.7 Å². The van der Waals surface area contributed by atoms with Crippen LogP contribution in [0.1, 0.15) is 5.56 Å². The molecule has 0 amide bonds. The lowest BCUT2D eigenvalue weighted by Gasteiger charge is -2.14. The van der Waals surface area contributed by atoms with E-state index in [0.717, 1.165) is 12.1 Å². The van der Waals surface area contributed by atoms with Crippen LogP contribution in [-0.4, -0.2) is 25.5 Å². The van der Waals surface area contributed by atoms with Crippen LogP contribution in [0.15, 0.2) is 52.5 Å². The molecule has 0 radical (unpaired) electrons. The minimum absolute atomic E-state index is 0.107. The molecule has 0 aliphatic carbocycles. The summed E-state index contributed by atoms with van der Waals surface area (Å²) in [6.45, 7) is 0. The lowest BCUT2D eigenvalue weighted by molar-refractivity contribution is -0.139.